The number of hydrogen-bond donors (Lipinski definition) is 0. The summed E-state index contributed by atoms with van der Waals surface area (Å²) in [4.78, 5) is 3.60. The van der Waals surface area contributed by atoms with Crippen LogP contribution in [0.15, 0.2) is 57.9 Å². The maximum atomic E-state index is 3.60. The van der Waals surface area contributed by atoms with Crippen LogP contribution in [0.2, 0.25) is 0 Å². The van der Waals surface area contributed by atoms with Crippen molar-refractivity contribution in [1.29, 1.82) is 0 Å². The van der Waals surface area contributed by atoms with Gasteiger partial charge in [-0.3, -0.25) is 0 Å². The highest BCUT2D eigenvalue weighted by atomic mass is 79.9. The fourth-order valence-electron chi connectivity index (χ4n) is 2.73. The van der Waals surface area contributed by atoms with E-state index in [-0.39, 0.29) is 0 Å². The van der Waals surface area contributed by atoms with E-state index in [4.69, 9.17) is 0 Å². The standard InChI is InChI=1S/C19H20BrNS/c1-21(2)11-5-8-17-16-7-4-3-6-14(16)13-22-19-12-15(20)9-10-18(17)19/h3-4,6-10,12H,5,11,13H2,1-2H3/b17-8-. The summed E-state index contributed by atoms with van der Waals surface area (Å²) in [6.45, 7) is 1.07. The molecule has 0 fully saturated rings. The number of thioether (sulfide) groups is 1. The van der Waals surface area contributed by atoms with E-state index >= 15 is 0 Å². The van der Waals surface area contributed by atoms with Crippen LogP contribution >= 0.6 is 27.7 Å². The first-order valence-electron chi connectivity index (χ1n) is 7.51. The van der Waals surface area contributed by atoms with Crippen molar-refractivity contribution < 1.29 is 0 Å². The van der Waals surface area contributed by atoms with Crippen LogP contribution in [-0.2, 0) is 5.75 Å². The van der Waals surface area contributed by atoms with Crippen LogP contribution in [0, 0.1) is 0 Å². The number of fused-ring (bicyclic) bond motifs is 2. The molecule has 0 saturated heterocycles. The molecule has 3 rings (SSSR count). The van der Waals surface area contributed by atoms with Crippen molar-refractivity contribution in [3.8, 4) is 0 Å². The quantitative estimate of drug-likeness (QED) is 0.704. The van der Waals surface area contributed by atoms with Crippen LogP contribution in [0.1, 0.15) is 23.1 Å². The van der Waals surface area contributed by atoms with Gasteiger partial charge in [-0.1, -0.05) is 52.3 Å². The summed E-state index contributed by atoms with van der Waals surface area (Å²) in [6, 6.07) is 15.4. The molecule has 2 aromatic rings. The predicted molar refractivity (Wildman–Crippen MR) is 100 cm³/mol. The maximum Gasteiger partial charge on any atom is 0.0238 e. The van der Waals surface area contributed by atoms with Crippen LogP contribution in [0.5, 0.6) is 0 Å². The van der Waals surface area contributed by atoms with Crippen molar-refractivity contribution >= 4 is 33.3 Å². The molecule has 0 unspecified atom stereocenters. The van der Waals surface area contributed by atoms with Crippen molar-refractivity contribution in [2.75, 3.05) is 20.6 Å². The molecule has 0 radical (unpaired) electrons. The third-order valence-corrected chi connectivity index (χ3v) is 5.45. The van der Waals surface area contributed by atoms with E-state index < -0.39 is 0 Å². The van der Waals surface area contributed by atoms with Gasteiger partial charge >= 0.3 is 0 Å². The molecule has 2 aromatic carbocycles. The Balaban J connectivity index is 2.08. The van der Waals surface area contributed by atoms with Gasteiger partial charge in [-0.25, -0.2) is 0 Å². The van der Waals surface area contributed by atoms with Gasteiger partial charge in [0.1, 0.15) is 0 Å². The second-order valence-electron chi connectivity index (χ2n) is 5.80. The molecule has 0 atom stereocenters. The first kappa shape index (κ1) is 15.9. The van der Waals surface area contributed by atoms with Crippen molar-refractivity contribution in [3.63, 3.8) is 0 Å². The van der Waals surface area contributed by atoms with Crippen molar-refractivity contribution in [3.05, 3.63) is 69.7 Å². The van der Waals surface area contributed by atoms with Gasteiger partial charge in [-0.15, -0.1) is 11.8 Å². The number of hydrogen-bond acceptors (Lipinski definition) is 2. The highest BCUT2D eigenvalue weighted by molar-refractivity contribution is 9.10. The number of halogens is 1. The molecule has 22 heavy (non-hydrogen) atoms. The summed E-state index contributed by atoms with van der Waals surface area (Å²) >= 11 is 5.53. The third-order valence-electron chi connectivity index (χ3n) is 3.85. The fourth-order valence-corrected chi connectivity index (χ4v) is 4.35. The van der Waals surface area contributed by atoms with Crippen molar-refractivity contribution in [2.24, 2.45) is 0 Å². The molecular formula is C19H20BrNS. The lowest BCUT2D eigenvalue weighted by Gasteiger charge is -2.13. The van der Waals surface area contributed by atoms with Gasteiger partial charge in [0.05, 0.1) is 0 Å². The van der Waals surface area contributed by atoms with Gasteiger partial charge in [0.2, 0.25) is 0 Å². The molecule has 0 spiro atoms. The van der Waals surface area contributed by atoms with Crippen molar-refractivity contribution in [2.45, 2.75) is 17.1 Å². The van der Waals surface area contributed by atoms with Crippen molar-refractivity contribution in [1.82, 2.24) is 4.90 Å². The first-order valence-corrected chi connectivity index (χ1v) is 9.29. The predicted octanol–water partition coefficient (Wildman–Crippen LogP) is 5.44. The number of benzene rings is 2. The zero-order valence-electron chi connectivity index (χ0n) is 13.0. The van der Waals surface area contributed by atoms with Gasteiger partial charge in [-0.05, 0) is 54.9 Å². The molecule has 0 bridgehead atoms. The lowest BCUT2D eigenvalue weighted by atomic mass is 9.93. The molecule has 114 valence electrons. The van der Waals surface area contributed by atoms with Gasteiger partial charge in [-0.2, -0.15) is 0 Å². The third kappa shape index (κ3) is 3.48. The molecule has 1 aliphatic rings. The Hall–Kier alpha value is -1.03. The Morgan fingerprint density at radius 2 is 1.95 bits per heavy atom. The Bertz CT molecular complexity index is 706. The van der Waals surface area contributed by atoms with Crippen LogP contribution in [0.3, 0.4) is 0 Å². The summed E-state index contributed by atoms with van der Waals surface area (Å²) in [5.74, 6) is 1.03. The van der Waals surface area contributed by atoms with Gasteiger partial charge < -0.3 is 4.90 Å². The molecule has 0 aliphatic carbocycles. The maximum absolute atomic E-state index is 3.60. The number of nitrogens with zero attached hydrogens (tertiary/aromatic N) is 1. The normalized spacial score (nSPS) is 15.5. The lowest BCUT2D eigenvalue weighted by molar-refractivity contribution is 0.417. The molecule has 3 heteroatoms. The largest absolute Gasteiger partial charge is 0.309 e. The molecule has 1 nitrogen and oxygen atoms in total. The molecule has 0 N–H and O–H groups in total. The van der Waals surface area contributed by atoms with Gasteiger partial charge in [0.25, 0.3) is 0 Å². The Morgan fingerprint density at radius 3 is 2.77 bits per heavy atom. The van der Waals surface area contributed by atoms with E-state index in [1.807, 2.05) is 11.8 Å². The Kier molecular flexibility index (Phi) is 5.07. The van der Waals surface area contributed by atoms with E-state index in [9.17, 15) is 0 Å². The summed E-state index contributed by atoms with van der Waals surface area (Å²) in [5.41, 5.74) is 5.55. The van der Waals surface area contributed by atoms with E-state index in [0.29, 0.717) is 0 Å². The van der Waals surface area contributed by atoms with Gasteiger partial charge in [0.15, 0.2) is 0 Å². The van der Waals surface area contributed by atoms with Gasteiger partial charge in [0, 0.05) is 21.7 Å². The van der Waals surface area contributed by atoms with Crippen LogP contribution in [0.25, 0.3) is 5.57 Å². The second kappa shape index (κ2) is 7.03. The summed E-state index contributed by atoms with van der Waals surface area (Å²) < 4.78 is 1.15. The van der Waals surface area contributed by atoms with E-state index in [1.54, 1.807) is 0 Å². The monoisotopic (exact) mass is 373 g/mol. The zero-order chi connectivity index (χ0) is 15.5. The smallest absolute Gasteiger partial charge is 0.0238 e. The summed E-state index contributed by atoms with van der Waals surface area (Å²) in [5, 5.41) is 0. The highest BCUT2D eigenvalue weighted by Crippen LogP contribution is 2.41. The molecule has 1 aliphatic heterocycles. The van der Waals surface area contributed by atoms with Crippen LogP contribution in [0.4, 0.5) is 0 Å². The van der Waals surface area contributed by atoms with Crippen LogP contribution < -0.4 is 0 Å². The van der Waals surface area contributed by atoms with Crippen LogP contribution in [-0.4, -0.2) is 25.5 Å². The highest BCUT2D eigenvalue weighted by Gasteiger charge is 2.18. The average Bonchev–Trinajstić information content (AvgIpc) is 2.64. The molecule has 0 saturated carbocycles. The molecular weight excluding hydrogens is 354 g/mol. The lowest BCUT2D eigenvalue weighted by Crippen LogP contribution is -2.12. The SMILES string of the molecule is CN(C)CC/C=C1/c2ccccc2CSc2cc(Br)ccc21. The minimum Gasteiger partial charge on any atom is -0.309 e. The minimum absolute atomic E-state index is 1.03. The topological polar surface area (TPSA) is 3.24 Å². The first-order chi connectivity index (χ1) is 10.6. The number of rotatable bonds is 3. The average molecular weight is 374 g/mol. The fraction of sp³-hybridized carbons (Fsp3) is 0.263. The molecule has 0 aromatic heterocycles. The second-order valence-corrected chi connectivity index (χ2v) is 7.73. The van der Waals surface area contributed by atoms with E-state index in [2.05, 4.69) is 83.5 Å². The molecule has 1 heterocycles. The Labute approximate surface area is 145 Å². The Morgan fingerprint density at radius 1 is 1.14 bits per heavy atom. The van der Waals surface area contributed by atoms with E-state index in [0.717, 1.165) is 23.2 Å². The minimum atomic E-state index is 1.03. The molecule has 0 amide bonds. The zero-order valence-corrected chi connectivity index (χ0v) is 15.4. The van der Waals surface area contributed by atoms with E-state index in [1.165, 1.54) is 27.2 Å². The summed E-state index contributed by atoms with van der Waals surface area (Å²) in [6.07, 6.45) is 3.47. The summed E-state index contributed by atoms with van der Waals surface area (Å²) in [7, 11) is 4.25.